The fraction of sp³-hybridized carbons (Fsp3) is 0.769. The molecule has 86 valence electrons. The van der Waals surface area contributed by atoms with E-state index in [-0.39, 0.29) is 5.97 Å². The molecule has 0 amide bonds. The number of cyclic esters (lactones) is 1. The number of allylic oxidation sites excluding steroid dienone is 2. The minimum absolute atomic E-state index is 0.0176. The van der Waals surface area contributed by atoms with Crippen molar-refractivity contribution in [3.05, 3.63) is 12.2 Å². The fourth-order valence-electron chi connectivity index (χ4n) is 1.76. The summed E-state index contributed by atoms with van der Waals surface area (Å²) in [5, 5.41) is 0. The van der Waals surface area contributed by atoms with Crippen molar-refractivity contribution in [2.45, 2.75) is 57.8 Å². The van der Waals surface area contributed by atoms with E-state index in [0.29, 0.717) is 13.0 Å². The van der Waals surface area contributed by atoms with Crippen LogP contribution in [0.3, 0.4) is 0 Å². The molecule has 0 aromatic rings. The van der Waals surface area contributed by atoms with Crippen molar-refractivity contribution in [1.29, 1.82) is 0 Å². The average Bonchev–Trinajstić information content (AvgIpc) is 2.24. The van der Waals surface area contributed by atoms with Crippen molar-refractivity contribution in [3.63, 3.8) is 0 Å². The first-order chi connectivity index (χ1) is 7.39. The number of carbonyl (C=O) groups is 1. The van der Waals surface area contributed by atoms with Crippen LogP contribution in [0.5, 0.6) is 0 Å². The normalized spacial score (nSPS) is 23.9. The van der Waals surface area contributed by atoms with Crippen LogP contribution < -0.4 is 0 Å². The molecule has 0 saturated heterocycles. The Balaban J connectivity index is 2.21. The van der Waals surface area contributed by atoms with Crippen molar-refractivity contribution in [2.75, 3.05) is 6.61 Å². The minimum Gasteiger partial charge on any atom is -0.466 e. The third-order valence-corrected chi connectivity index (χ3v) is 2.70. The quantitative estimate of drug-likeness (QED) is 0.451. The molecular weight excluding hydrogens is 188 g/mol. The summed E-state index contributed by atoms with van der Waals surface area (Å²) in [4.78, 5) is 11.2. The molecule has 0 aromatic heterocycles. The number of carbonyl (C=O) groups excluding carboxylic acids is 1. The maximum absolute atomic E-state index is 11.2. The summed E-state index contributed by atoms with van der Waals surface area (Å²) in [7, 11) is 0. The van der Waals surface area contributed by atoms with Crippen LogP contribution in [0.15, 0.2) is 12.2 Å². The molecule has 0 saturated carbocycles. The van der Waals surface area contributed by atoms with Crippen LogP contribution in [0.2, 0.25) is 0 Å². The fourth-order valence-corrected chi connectivity index (χ4v) is 1.76. The van der Waals surface area contributed by atoms with Crippen molar-refractivity contribution < 1.29 is 9.53 Å². The highest BCUT2D eigenvalue weighted by Crippen LogP contribution is 2.09. The monoisotopic (exact) mass is 210 g/mol. The Kier molecular flexibility index (Phi) is 6.97. The van der Waals surface area contributed by atoms with Gasteiger partial charge in [-0.2, -0.15) is 0 Å². The minimum atomic E-state index is -0.0176. The highest BCUT2D eigenvalue weighted by atomic mass is 16.5. The van der Waals surface area contributed by atoms with Crippen LogP contribution in [0.4, 0.5) is 0 Å². The summed E-state index contributed by atoms with van der Waals surface area (Å²) >= 11 is 0. The van der Waals surface area contributed by atoms with Gasteiger partial charge in [0.1, 0.15) is 0 Å². The number of hydrogen-bond acceptors (Lipinski definition) is 2. The van der Waals surface area contributed by atoms with Gasteiger partial charge in [-0.25, -0.2) is 0 Å². The standard InChI is InChI=1S/C13H22O2/c14-13-11-9-7-5-3-1-2-4-6-8-10-12-15-13/h4,6H,1-3,5,7-12H2/b6-4-. The highest BCUT2D eigenvalue weighted by molar-refractivity contribution is 5.69. The highest BCUT2D eigenvalue weighted by Gasteiger charge is 2.02. The van der Waals surface area contributed by atoms with Crippen LogP contribution in [-0.4, -0.2) is 12.6 Å². The van der Waals surface area contributed by atoms with Gasteiger partial charge in [0.15, 0.2) is 0 Å². The van der Waals surface area contributed by atoms with E-state index in [4.69, 9.17) is 4.74 Å². The largest absolute Gasteiger partial charge is 0.466 e. The summed E-state index contributed by atoms with van der Waals surface area (Å²) in [5.74, 6) is -0.0176. The number of esters is 1. The van der Waals surface area contributed by atoms with Gasteiger partial charge < -0.3 is 4.74 Å². The first kappa shape index (κ1) is 12.3. The molecule has 0 aromatic carbocycles. The van der Waals surface area contributed by atoms with E-state index in [9.17, 15) is 4.79 Å². The van der Waals surface area contributed by atoms with Gasteiger partial charge in [0.2, 0.25) is 0 Å². The average molecular weight is 210 g/mol. The molecule has 0 radical (unpaired) electrons. The number of hydrogen-bond donors (Lipinski definition) is 0. The van der Waals surface area contributed by atoms with Gasteiger partial charge in [-0.1, -0.05) is 31.4 Å². The maximum atomic E-state index is 11.2. The Morgan fingerprint density at radius 1 is 0.867 bits per heavy atom. The molecule has 0 spiro atoms. The third-order valence-electron chi connectivity index (χ3n) is 2.70. The van der Waals surface area contributed by atoms with Crippen LogP contribution in [0.25, 0.3) is 0 Å². The lowest BCUT2D eigenvalue weighted by Gasteiger charge is -2.04. The molecule has 1 heterocycles. The van der Waals surface area contributed by atoms with E-state index < -0.39 is 0 Å². The Morgan fingerprint density at radius 2 is 1.53 bits per heavy atom. The lowest BCUT2D eigenvalue weighted by molar-refractivity contribution is -0.143. The zero-order valence-corrected chi connectivity index (χ0v) is 9.54. The summed E-state index contributed by atoms with van der Waals surface area (Å²) in [6.07, 6.45) is 14.3. The molecule has 1 aliphatic rings. The molecule has 0 N–H and O–H groups in total. The molecule has 0 atom stereocenters. The molecule has 0 bridgehead atoms. The topological polar surface area (TPSA) is 26.3 Å². The van der Waals surface area contributed by atoms with Crippen LogP contribution >= 0.6 is 0 Å². The number of rotatable bonds is 0. The van der Waals surface area contributed by atoms with Gasteiger partial charge in [0.25, 0.3) is 0 Å². The van der Waals surface area contributed by atoms with Gasteiger partial charge in [-0.05, 0) is 32.1 Å². The summed E-state index contributed by atoms with van der Waals surface area (Å²) in [5.41, 5.74) is 0. The second-order valence-corrected chi connectivity index (χ2v) is 4.14. The van der Waals surface area contributed by atoms with Gasteiger partial charge >= 0.3 is 5.97 Å². The van der Waals surface area contributed by atoms with Crippen molar-refractivity contribution in [3.8, 4) is 0 Å². The zero-order chi connectivity index (χ0) is 10.8. The predicted octanol–water partition coefficient (Wildman–Crippen LogP) is 3.61. The molecule has 2 nitrogen and oxygen atoms in total. The lowest BCUT2D eigenvalue weighted by Crippen LogP contribution is -2.05. The SMILES string of the molecule is O=C1CCCCCCC/C=C\CCCO1. The van der Waals surface area contributed by atoms with E-state index in [2.05, 4.69) is 12.2 Å². The van der Waals surface area contributed by atoms with Gasteiger partial charge in [-0.15, -0.1) is 0 Å². The molecule has 0 fully saturated rings. The molecule has 1 rings (SSSR count). The molecule has 0 unspecified atom stereocenters. The van der Waals surface area contributed by atoms with Crippen molar-refractivity contribution in [2.24, 2.45) is 0 Å². The van der Waals surface area contributed by atoms with Crippen LogP contribution in [0, 0.1) is 0 Å². The van der Waals surface area contributed by atoms with Crippen LogP contribution in [-0.2, 0) is 9.53 Å². The second kappa shape index (κ2) is 8.51. The van der Waals surface area contributed by atoms with Crippen molar-refractivity contribution in [1.82, 2.24) is 0 Å². The van der Waals surface area contributed by atoms with Gasteiger partial charge in [-0.3, -0.25) is 4.79 Å². The third kappa shape index (κ3) is 7.18. The molecule has 0 aliphatic carbocycles. The van der Waals surface area contributed by atoms with E-state index in [1.54, 1.807) is 0 Å². The summed E-state index contributed by atoms with van der Waals surface area (Å²) in [6.45, 7) is 0.586. The van der Waals surface area contributed by atoms with E-state index in [1.807, 2.05) is 0 Å². The second-order valence-electron chi connectivity index (χ2n) is 4.14. The Labute approximate surface area is 92.7 Å². The smallest absolute Gasteiger partial charge is 0.305 e. The molecular formula is C13H22O2. The Hall–Kier alpha value is -0.790. The maximum Gasteiger partial charge on any atom is 0.305 e. The zero-order valence-electron chi connectivity index (χ0n) is 9.54. The van der Waals surface area contributed by atoms with Gasteiger partial charge in [0.05, 0.1) is 6.61 Å². The van der Waals surface area contributed by atoms with Gasteiger partial charge in [0, 0.05) is 6.42 Å². The van der Waals surface area contributed by atoms with Crippen LogP contribution in [0.1, 0.15) is 57.8 Å². The Morgan fingerprint density at radius 3 is 2.40 bits per heavy atom. The van der Waals surface area contributed by atoms with Crippen molar-refractivity contribution >= 4 is 5.97 Å². The molecule has 15 heavy (non-hydrogen) atoms. The lowest BCUT2D eigenvalue weighted by atomic mass is 10.1. The number of ether oxygens (including phenoxy) is 1. The van der Waals surface area contributed by atoms with E-state index >= 15 is 0 Å². The predicted molar refractivity (Wildman–Crippen MR) is 61.7 cm³/mol. The molecule has 1 aliphatic heterocycles. The van der Waals surface area contributed by atoms with E-state index in [0.717, 1.165) is 19.3 Å². The Bertz CT molecular complexity index is 197. The first-order valence-corrected chi connectivity index (χ1v) is 6.20. The first-order valence-electron chi connectivity index (χ1n) is 6.20. The summed E-state index contributed by atoms with van der Waals surface area (Å²) in [6, 6.07) is 0. The molecule has 2 heteroatoms. The van der Waals surface area contributed by atoms with E-state index in [1.165, 1.54) is 32.1 Å². The summed E-state index contributed by atoms with van der Waals surface area (Å²) < 4.78 is 5.11.